The molecule has 3 aliphatic carbocycles. The van der Waals surface area contributed by atoms with E-state index in [1.54, 1.807) is 96.3 Å². The number of aromatic nitrogens is 2. The number of imidazole rings is 1. The first-order chi connectivity index (χ1) is 35.6. The summed E-state index contributed by atoms with van der Waals surface area (Å²) in [6.07, 6.45) is 29.5. The zero-order chi connectivity index (χ0) is 49.3. The molecule has 0 unspecified atom stereocenters. The third-order valence-corrected chi connectivity index (χ3v) is 23.8. The Hall–Kier alpha value is -3.87. The molecule has 1 heterocycles. The van der Waals surface area contributed by atoms with E-state index in [0.29, 0.717) is 0 Å². The van der Waals surface area contributed by atoms with Crippen molar-refractivity contribution < 1.29 is 8.47 Å². The summed E-state index contributed by atoms with van der Waals surface area (Å²) < 4.78 is 4.55. The van der Waals surface area contributed by atoms with Gasteiger partial charge in [0.05, 0.1) is 22.5 Å². The molecular formula is C66H71I2N2PRu. The van der Waals surface area contributed by atoms with E-state index in [4.69, 9.17) is 4.98 Å². The van der Waals surface area contributed by atoms with Crippen LogP contribution in [0.3, 0.4) is 0 Å². The molecule has 2 nitrogen and oxygen atoms in total. The van der Waals surface area contributed by atoms with Crippen molar-refractivity contribution in [2.75, 3.05) is 0 Å². The Morgan fingerprint density at radius 1 is 0.417 bits per heavy atom. The fourth-order valence-electron chi connectivity index (χ4n) is 12.5. The van der Waals surface area contributed by atoms with E-state index in [9.17, 15) is 0 Å². The van der Waals surface area contributed by atoms with Gasteiger partial charge in [-0.25, -0.2) is 0 Å². The second-order valence-corrected chi connectivity index (χ2v) is 43.3. The van der Waals surface area contributed by atoms with E-state index in [0.717, 1.165) is 39.1 Å². The van der Waals surface area contributed by atoms with Crippen molar-refractivity contribution in [2.24, 2.45) is 0 Å². The number of nitrogens with zero attached hydrogens (tertiary/aromatic N) is 2. The summed E-state index contributed by atoms with van der Waals surface area (Å²) in [6.45, 7) is 0. The Kier molecular flexibility index (Phi) is 19.9. The van der Waals surface area contributed by atoms with Gasteiger partial charge in [-0.05, 0) is 110 Å². The van der Waals surface area contributed by atoms with E-state index in [-0.39, 0.29) is 7.92 Å². The number of halogens is 2. The summed E-state index contributed by atoms with van der Waals surface area (Å²) >= 11 is 5.04. The Morgan fingerprint density at radius 2 is 0.708 bits per heavy atom. The van der Waals surface area contributed by atoms with Gasteiger partial charge in [-0.2, -0.15) is 0 Å². The first-order valence-corrected chi connectivity index (χ1v) is 39.7. The number of benzene rings is 7. The molecule has 0 amide bonds. The molecule has 0 spiro atoms. The molecule has 7 aromatic carbocycles. The Labute approximate surface area is 459 Å². The largest absolute Gasteiger partial charge is 0.438 e. The Morgan fingerprint density at radius 3 is 1.01 bits per heavy atom. The third kappa shape index (κ3) is 12.6. The van der Waals surface area contributed by atoms with Crippen LogP contribution in [0.25, 0.3) is 0 Å². The molecule has 0 bridgehead atoms. The minimum Gasteiger partial charge on any atom is -0.438 e. The van der Waals surface area contributed by atoms with Gasteiger partial charge in [-0.15, -0.1) is 6.20 Å². The smallest absolute Gasteiger partial charge is 0.0994 e. The molecule has 0 atom stereocenters. The summed E-state index contributed by atoms with van der Waals surface area (Å²) in [5.74, 6) is 0. The molecule has 11 rings (SSSR count). The molecule has 8 aromatic rings. The second kappa shape index (κ2) is 27.1. The SMILES string of the molecule is C1CCC([PH+](C2CCCCC2)C2CCCCC2)CC1.[I][Ru]([I])=[CH]c1ccccc1.[c-]1nc(C(c2ccccc2)(c2ccccc2)c2ccccc2)cn1C(c1ccccc1)(c1ccccc1)c1ccccc1. The average molecular weight is 1280 g/mol. The van der Waals surface area contributed by atoms with Crippen molar-refractivity contribution >= 4 is 52.0 Å². The Balaban J connectivity index is 0.000000180. The molecule has 0 aliphatic heterocycles. The quantitative estimate of drug-likeness (QED) is 0.0392. The molecular weight excluding hydrogens is 1210 g/mol. The predicted molar refractivity (Wildman–Crippen MR) is 323 cm³/mol. The van der Waals surface area contributed by atoms with Gasteiger partial charge in [0.15, 0.2) is 0 Å². The molecule has 0 saturated heterocycles. The summed E-state index contributed by atoms with van der Waals surface area (Å²) in [5.41, 5.74) is 11.4. The maximum absolute atomic E-state index is 5.20. The fourth-order valence-corrected chi connectivity index (χ4v) is 21.5. The molecule has 0 radical (unpaired) electrons. The van der Waals surface area contributed by atoms with Crippen LogP contribution >= 0.6 is 47.4 Å². The zero-order valence-corrected chi connectivity index (χ0v) is 48.8. The van der Waals surface area contributed by atoms with Gasteiger partial charge in [-0.1, -0.05) is 207 Å². The van der Waals surface area contributed by atoms with Crippen LogP contribution in [0.5, 0.6) is 0 Å². The topological polar surface area (TPSA) is 17.8 Å². The first-order valence-electron chi connectivity index (χ1n) is 26.6. The maximum Gasteiger partial charge on any atom is 0.0994 e. The van der Waals surface area contributed by atoms with E-state index in [1.807, 2.05) is 0 Å². The molecule has 3 fully saturated rings. The van der Waals surface area contributed by atoms with Gasteiger partial charge in [-0.3, -0.25) is 0 Å². The number of hydrogen-bond donors (Lipinski definition) is 0. The van der Waals surface area contributed by atoms with Crippen LogP contribution in [-0.4, -0.2) is 31.1 Å². The van der Waals surface area contributed by atoms with Crippen molar-refractivity contribution in [2.45, 2.75) is 124 Å². The minimum atomic E-state index is -0.704. The van der Waals surface area contributed by atoms with Crippen molar-refractivity contribution in [3.63, 3.8) is 0 Å². The van der Waals surface area contributed by atoms with Crippen LogP contribution in [0.1, 0.15) is 141 Å². The standard InChI is InChI=1S/C41H31N2.C18H33P.C7H6.2HI.Ru/c1-7-19-33(20-8-1)40(34-21-9-2-10-22-34,35-23-11-3-12-24-35)39-31-43(32-42-39)41(36-25-13-4-14-26-36,37-27-15-5-16-28-37)38-29-17-6-18-30-38;1-4-10-16(11-5-1)19(17-12-6-2-7-13-17)18-14-8-3-9-15-18;1-7-5-3-2-4-6-7;;;/h1-31H;16-18H,1-15H2;1-6H;2*1H;/q-1;;;;;+2/p-1. The van der Waals surface area contributed by atoms with Gasteiger partial charge in [0.2, 0.25) is 0 Å². The van der Waals surface area contributed by atoms with Gasteiger partial charge >= 0.3 is 88.5 Å². The van der Waals surface area contributed by atoms with Gasteiger partial charge < -0.3 is 9.55 Å². The van der Waals surface area contributed by atoms with Gasteiger partial charge in [0.1, 0.15) is 0 Å². The van der Waals surface area contributed by atoms with E-state index >= 15 is 0 Å². The maximum atomic E-state index is 5.20. The zero-order valence-electron chi connectivity index (χ0n) is 41.7. The van der Waals surface area contributed by atoms with Gasteiger partial charge in [0.25, 0.3) is 0 Å². The fraction of sp³-hybridized carbons (Fsp3) is 0.303. The van der Waals surface area contributed by atoms with Crippen LogP contribution < -0.4 is 0 Å². The molecule has 3 aliphatic rings. The molecule has 0 N–H and O–H groups in total. The van der Waals surface area contributed by atoms with Gasteiger partial charge in [0, 0.05) is 19.7 Å². The van der Waals surface area contributed by atoms with Crippen molar-refractivity contribution in [3.05, 3.63) is 269 Å². The van der Waals surface area contributed by atoms with Crippen molar-refractivity contribution in [1.29, 1.82) is 0 Å². The van der Waals surface area contributed by atoms with Crippen molar-refractivity contribution in [3.8, 4) is 0 Å². The van der Waals surface area contributed by atoms with Crippen LogP contribution in [0.4, 0.5) is 0 Å². The van der Waals surface area contributed by atoms with E-state index in [2.05, 4.69) is 274 Å². The van der Waals surface area contributed by atoms with Crippen molar-refractivity contribution in [1.82, 2.24) is 9.55 Å². The second-order valence-electron chi connectivity index (χ2n) is 20.0. The average Bonchev–Trinajstić information content (AvgIpc) is 3.95. The van der Waals surface area contributed by atoms with Crippen LogP contribution in [0.2, 0.25) is 0 Å². The van der Waals surface area contributed by atoms with E-state index < -0.39 is 19.4 Å². The van der Waals surface area contributed by atoms with Crippen LogP contribution in [0, 0.1) is 6.33 Å². The third-order valence-electron chi connectivity index (χ3n) is 15.7. The molecule has 372 valence electrons. The first kappa shape index (κ1) is 53.0. The summed E-state index contributed by atoms with van der Waals surface area (Å²) in [6, 6.07) is 74.7. The molecule has 3 saturated carbocycles. The summed E-state index contributed by atoms with van der Waals surface area (Å²) in [4.78, 5) is 5.20. The van der Waals surface area contributed by atoms with E-state index in [1.165, 1.54) is 22.5 Å². The summed E-state index contributed by atoms with van der Waals surface area (Å²) in [7, 11) is -0.666. The summed E-state index contributed by atoms with van der Waals surface area (Å²) in [5, 5.41) is 0. The predicted octanol–water partition coefficient (Wildman–Crippen LogP) is 18.3. The van der Waals surface area contributed by atoms with Crippen LogP contribution in [0.15, 0.2) is 219 Å². The number of hydrogen-bond acceptors (Lipinski definition) is 1. The monoisotopic (exact) mass is 1280 g/mol. The minimum absolute atomic E-state index is 0.0465. The molecule has 72 heavy (non-hydrogen) atoms. The molecule has 6 heteroatoms. The van der Waals surface area contributed by atoms with Crippen LogP contribution in [-0.2, 0) is 19.4 Å². The molecule has 1 aromatic heterocycles. The Bertz CT molecular complexity index is 2430. The number of rotatable bonds is 12. The normalized spacial score (nSPS) is 16.1.